The molecule has 0 aliphatic heterocycles. The quantitative estimate of drug-likeness (QED) is 0.412. The molecule has 109 valence electrons. The molecule has 1 radical (unpaired) electrons. The Morgan fingerprint density at radius 1 is 0.833 bits per heavy atom. The lowest BCUT2D eigenvalue weighted by Gasteiger charge is -2.61. The van der Waals surface area contributed by atoms with Gasteiger partial charge in [-0.3, -0.25) is 0 Å². The maximum atomic E-state index is 7.43. The minimum Gasteiger partial charge on any atom is -0.167 e. The lowest BCUT2D eigenvalue weighted by Crippen LogP contribution is -2.71. The van der Waals surface area contributed by atoms with Crippen LogP contribution in [0, 0.1) is 0 Å². The summed E-state index contributed by atoms with van der Waals surface area (Å²) in [7, 11) is -4.60. The van der Waals surface area contributed by atoms with Gasteiger partial charge in [0, 0.05) is 24.9 Å². The van der Waals surface area contributed by atoms with Crippen LogP contribution >= 0.6 is 11.1 Å². The Hall–Kier alpha value is 1.16. The fourth-order valence-corrected chi connectivity index (χ4v) is 52.1. The largest absolute Gasteiger partial charge is 0.167 e. The third-order valence-electron chi connectivity index (χ3n) is 4.79. The highest BCUT2D eigenvalue weighted by Gasteiger charge is 2.65. The second-order valence-corrected chi connectivity index (χ2v) is 30.4. The van der Waals surface area contributed by atoms with E-state index in [4.69, 9.17) is 11.1 Å². The molecule has 0 amide bonds. The van der Waals surface area contributed by atoms with Crippen LogP contribution < -0.4 is 0 Å². The van der Waals surface area contributed by atoms with Crippen molar-refractivity contribution in [2.75, 3.05) is 0 Å². The van der Waals surface area contributed by atoms with Gasteiger partial charge in [0.25, 0.3) is 0 Å². The average molecular weight is 338 g/mol. The van der Waals surface area contributed by atoms with Crippen LogP contribution in [0.25, 0.3) is 0 Å². The highest BCUT2D eigenvalue weighted by Crippen LogP contribution is 2.59. The SMILES string of the molecule is CC[Si](Cl)(CC)C([Si](C)C)([Si](C)(C)C)[Si](C)(C)C. The highest BCUT2D eigenvalue weighted by atomic mass is 35.6. The predicted molar refractivity (Wildman–Crippen MR) is 99.4 cm³/mol. The zero-order valence-electron chi connectivity index (χ0n) is 14.3. The Morgan fingerprint density at radius 2 is 1.11 bits per heavy atom. The Morgan fingerprint density at radius 3 is 1.17 bits per heavy atom. The summed E-state index contributed by atoms with van der Waals surface area (Å²) in [6, 6.07) is 2.52. The second kappa shape index (κ2) is 5.88. The molecular weight excluding hydrogens is 304 g/mol. The summed E-state index contributed by atoms with van der Waals surface area (Å²) < 4.78 is 0.614. The summed E-state index contributed by atoms with van der Waals surface area (Å²) in [6.45, 7) is 25.4. The summed E-state index contributed by atoms with van der Waals surface area (Å²) in [4.78, 5) is 0. The lowest BCUT2D eigenvalue weighted by atomic mass is 10.9. The molecule has 0 saturated heterocycles. The smallest absolute Gasteiger partial charge is 0.154 e. The highest BCUT2D eigenvalue weighted by molar-refractivity contribution is 7.40. The minimum absolute atomic E-state index is 0.375. The molecule has 0 rings (SSSR count). The van der Waals surface area contributed by atoms with E-state index < -0.39 is 23.5 Å². The fraction of sp³-hybridized carbons (Fsp3) is 1.00. The van der Waals surface area contributed by atoms with Crippen molar-refractivity contribution in [2.45, 2.75) is 82.2 Å². The molecular formula is C13H34ClSi4. The van der Waals surface area contributed by atoms with Gasteiger partial charge in [0.1, 0.15) is 0 Å². The summed E-state index contributed by atoms with van der Waals surface area (Å²) >= 11 is 7.43. The molecule has 0 aliphatic carbocycles. The molecule has 0 bridgehead atoms. The first kappa shape index (κ1) is 19.2. The van der Waals surface area contributed by atoms with Gasteiger partial charge in [0.05, 0.1) is 0 Å². The molecule has 0 spiro atoms. The normalized spacial score (nSPS) is 15.3. The topological polar surface area (TPSA) is 0 Å². The predicted octanol–water partition coefficient (Wildman–Crippen LogP) is 6.00. The van der Waals surface area contributed by atoms with Crippen molar-refractivity contribution in [3.63, 3.8) is 0 Å². The minimum atomic E-state index is -1.67. The van der Waals surface area contributed by atoms with Crippen molar-refractivity contribution < 1.29 is 0 Å². The molecule has 0 aliphatic rings. The standard InChI is InChI=1S/C13H34ClSi4/c1-11-18(14,12-2)13(15(3)4,16(5,6)7)17(8,9)10/h11-12H2,1-10H3. The first-order valence-electron chi connectivity index (χ1n) is 7.31. The maximum Gasteiger partial charge on any atom is 0.154 e. The van der Waals surface area contributed by atoms with Gasteiger partial charge in [-0.15, -0.1) is 0 Å². The molecule has 0 fully saturated rings. The van der Waals surface area contributed by atoms with Crippen molar-refractivity contribution in [3.8, 4) is 0 Å². The third kappa shape index (κ3) is 2.78. The Labute approximate surface area is 125 Å². The number of halogens is 1. The first-order chi connectivity index (χ1) is 7.81. The molecule has 0 N–H and O–H groups in total. The zero-order valence-corrected chi connectivity index (χ0v) is 19.0. The zero-order chi connectivity index (χ0) is 15.0. The van der Waals surface area contributed by atoms with Crippen molar-refractivity contribution in [1.29, 1.82) is 0 Å². The molecule has 0 aromatic rings. The molecule has 0 saturated carbocycles. The monoisotopic (exact) mass is 337 g/mol. The lowest BCUT2D eigenvalue weighted by molar-refractivity contribution is 1.14. The van der Waals surface area contributed by atoms with Gasteiger partial charge in [-0.25, -0.2) is 0 Å². The summed E-state index contributed by atoms with van der Waals surface area (Å²) in [6.07, 6.45) is 0. The molecule has 0 heterocycles. The van der Waals surface area contributed by atoms with Crippen LogP contribution in [0.2, 0.25) is 68.4 Å². The summed E-state index contributed by atoms with van der Waals surface area (Å²) in [5.41, 5.74) is 0. The van der Waals surface area contributed by atoms with Gasteiger partial charge in [-0.2, -0.15) is 11.1 Å². The number of hydrogen-bond acceptors (Lipinski definition) is 0. The summed E-state index contributed by atoms with van der Waals surface area (Å²) in [5.74, 6) is 0. The van der Waals surface area contributed by atoms with Gasteiger partial charge < -0.3 is 0 Å². The van der Waals surface area contributed by atoms with E-state index in [1.165, 1.54) is 12.1 Å². The number of rotatable bonds is 6. The average Bonchev–Trinajstić information content (AvgIpc) is 2.12. The Kier molecular flexibility index (Phi) is 6.26. The molecule has 0 unspecified atom stereocenters. The second-order valence-electron chi connectivity index (χ2n) is 7.92. The van der Waals surface area contributed by atoms with Gasteiger partial charge >= 0.3 is 0 Å². The molecule has 5 heteroatoms. The van der Waals surface area contributed by atoms with Gasteiger partial charge in [0.2, 0.25) is 0 Å². The van der Waals surface area contributed by atoms with Crippen LogP contribution in [0.4, 0.5) is 0 Å². The van der Waals surface area contributed by atoms with Crippen LogP contribution in [-0.2, 0) is 0 Å². The molecule has 0 nitrogen and oxygen atoms in total. The van der Waals surface area contributed by atoms with Crippen LogP contribution in [0.1, 0.15) is 13.8 Å². The van der Waals surface area contributed by atoms with Gasteiger partial charge in [-0.1, -0.05) is 66.2 Å². The number of hydrogen-bond donors (Lipinski definition) is 0. The van der Waals surface area contributed by atoms with Gasteiger partial charge in [-0.05, 0) is 16.0 Å². The van der Waals surface area contributed by atoms with E-state index in [2.05, 4.69) is 66.2 Å². The van der Waals surface area contributed by atoms with Crippen LogP contribution in [0.15, 0.2) is 0 Å². The van der Waals surface area contributed by atoms with Gasteiger partial charge in [0.15, 0.2) is 7.38 Å². The van der Waals surface area contributed by atoms with E-state index in [0.717, 1.165) is 0 Å². The Balaban J connectivity index is 6.31. The van der Waals surface area contributed by atoms with Crippen LogP contribution in [0.3, 0.4) is 0 Å². The first-order valence-corrected chi connectivity index (χ1v) is 20.2. The summed E-state index contributed by atoms with van der Waals surface area (Å²) in [5, 5.41) is 0. The van der Waals surface area contributed by atoms with Crippen molar-refractivity contribution in [2.24, 2.45) is 0 Å². The molecule has 18 heavy (non-hydrogen) atoms. The Bertz CT molecular complexity index is 258. The van der Waals surface area contributed by atoms with Crippen molar-refractivity contribution in [3.05, 3.63) is 0 Å². The van der Waals surface area contributed by atoms with Crippen molar-refractivity contribution in [1.82, 2.24) is 0 Å². The van der Waals surface area contributed by atoms with E-state index >= 15 is 0 Å². The third-order valence-corrected chi connectivity index (χ3v) is 40.6. The molecule has 0 aromatic heterocycles. The van der Waals surface area contributed by atoms with E-state index in [1.54, 1.807) is 0 Å². The molecule has 0 aromatic carbocycles. The fourth-order valence-electron chi connectivity index (χ4n) is 5.20. The van der Waals surface area contributed by atoms with Crippen molar-refractivity contribution >= 4 is 43.4 Å². The van der Waals surface area contributed by atoms with E-state index in [9.17, 15) is 0 Å². The van der Waals surface area contributed by atoms with Crippen LogP contribution in [-0.4, -0.2) is 32.3 Å². The van der Waals surface area contributed by atoms with E-state index in [0.29, 0.717) is 3.91 Å². The maximum absolute atomic E-state index is 7.43. The van der Waals surface area contributed by atoms with E-state index in [-0.39, 0.29) is 8.80 Å². The van der Waals surface area contributed by atoms with E-state index in [1.807, 2.05) is 0 Å². The molecule has 0 atom stereocenters. The van der Waals surface area contributed by atoms with Crippen LogP contribution in [0.5, 0.6) is 0 Å².